The highest BCUT2D eigenvalue weighted by atomic mass is 16.6. The second-order valence-electron chi connectivity index (χ2n) is 5.02. The quantitative estimate of drug-likeness (QED) is 0.620. The smallest absolute Gasteiger partial charge is 0.326 e. The van der Waals surface area contributed by atoms with Gasteiger partial charge in [0.05, 0.1) is 11.0 Å². The van der Waals surface area contributed by atoms with E-state index in [1.54, 1.807) is 6.92 Å². The molecule has 1 amide bonds. The molecule has 8 nitrogen and oxygen atoms in total. The van der Waals surface area contributed by atoms with Crippen LogP contribution in [0.2, 0.25) is 0 Å². The number of carboxylic acids is 1. The number of hydrogen-bond donors (Lipinski definition) is 2. The van der Waals surface area contributed by atoms with E-state index in [0.717, 1.165) is 11.0 Å². The number of β-amino-alcohol motifs (C(OH)–C–C–N with tert-alkyl or cyclic N) is 1. The second kappa shape index (κ2) is 5.49. The molecule has 1 saturated heterocycles. The van der Waals surface area contributed by atoms with Crippen LogP contribution in [0.5, 0.6) is 0 Å². The minimum absolute atomic E-state index is 0.0436. The van der Waals surface area contributed by atoms with Crippen molar-refractivity contribution in [3.8, 4) is 0 Å². The highest BCUT2D eigenvalue weighted by Gasteiger charge is 2.39. The zero-order chi connectivity index (χ0) is 15.7. The van der Waals surface area contributed by atoms with E-state index < -0.39 is 28.9 Å². The minimum atomic E-state index is -1.21. The summed E-state index contributed by atoms with van der Waals surface area (Å²) in [7, 11) is 0. The van der Waals surface area contributed by atoms with Gasteiger partial charge in [0.1, 0.15) is 6.04 Å². The highest BCUT2D eigenvalue weighted by Crippen LogP contribution is 2.23. The van der Waals surface area contributed by atoms with Crippen LogP contribution in [-0.4, -0.2) is 50.6 Å². The number of carboxylic acid groups (broad SMARTS) is 1. The molecule has 0 bridgehead atoms. The van der Waals surface area contributed by atoms with Crippen molar-refractivity contribution >= 4 is 17.6 Å². The topological polar surface area (TPSA) is 121 Å². The molecule has 1 aromatic rings. The first-order valence-electron chi connectivity index (χ1n) is 6.27. The fourth-order valence-electron chi connectivity index (χ4n) is 2.43. The maximum absolute atomic E-state index is 12.4. The first-order valence-corrected chi connectivity index (χ1v) is 6.27. The van der Waals surface area contributed by atoms with Gasteiger partial charge in [0.2, 0.25) is 0 Å². The predicted molar refractivity (Wildman–Crippen MR) is 70.9 cm³/mol. The number of carbonyl (C=O) groups excluding carboxylic acids is 1. The minimum Gasteiger partial charge on any atom is -0.480 e. The average molecular weight is 294 g/mol. The van der Waals surface area contributed by atoms with Gasteiger partial charge < -0.3 is 15.1 Å². The Morgan fingerprint density at radius 2 is 2.05 bits per heavy atom. The number of aliphatic carboxylic acids is 1. The van der Waals surface area contributed by atoms with Crippen LogP contribution in [-0.2, 0) is 4.79 Å². The molecule has 0 saturated carbocycles. The molecule has 21 heavy (non-hydrogen) atoms. The molecule has 2 N–H and O–H groups in total. The van der Waals surface area contributed by atoms with Crippen molar-refractivity contribution < 1.29 is 24.7 Å². The SMILES string of the molecule is Cc1cc(C(=O)N2CC(O)CC2C(=O)O)cc([N+](=O)[O-])c1. The Morgan fingerprint density at radius 3 is 2.62 bits per heavy atom. The van der Waals surface area contributed by atoms with Gasteiger partial charge in [-0.1, -0.05) is 0 Å². The first kappa shape index (κ1) is 14.9. The van der Waals surface area contributed by atoms with Crippen LogP contribution in [0.1, 0.15) is 22.3 Å². The highest BCUT2D eigenvalue weighted by molar-refractivity contribution is 5.97. The molecule has 2 atom stereocenters. The second-order valence-corrected chi connectivity index (χ2v) is 5.02. The van der Waals surface area contributed by atoms with Crippen molar-refractivity contribution in [1.29, 1.82) is 0 Å². The number of rotatable bonds is 3. The van der Waals surface area contributed by atoms with Gasteiger partial charge in [0.15, 0.2) is 0 Å². The molecule has 0 spiro atoms. The molecule has 1 aliphatic heterocycles. The van der Waals surface area contributed by atoms with Crippen LogP contribution in [0, 0.1) is 17.0 Å². The molecule has 112 valence electrons. The summed E-state index contributed by atoms with van der Waals surface area (Å²) in [5.74, 6) is -1.84. The summed E-state index contributed by atoms with van der Waals surface area (Å²) >= 11 is 0. The lowest BCUT2D eigenvalue weighted by Gasteiger charge is -2.21. The fraction of sp³-hybridized carbons (Fsp3) is 0.385. The number of aliphatic hydroxyl groups is 1. The Kier molecular flexibility index (Phi) is 3.90. The van der Waals surface area contributed by atoms with Gasteiger partial charge in [-0.25, -0.2) is 4.79 Å². The van der Waals surface area contributed by atoms with Gasteiger partial charge in [-0.15, -0.1) is 0 Å². The number of amides is 1. The molecule has 1 aliphatic rings. The van der Waals surface area contributed by atoms with Gasteiger partial charge in [0.25, 0.3) is 11.6 Å². The van der Waals surface area contributed by atoms with E-state index in [2.05, 4.69) is 0 Å². The third-order valence-corrected chi connectivity index (χ3v) is 3.34. The van der Waals surface area contributed by atoms with Gasteiger partial charge in [-0.05, 0) is 18.6 Å². The number of carbonyl (C=O) groups is 2. The maximum Gasteiger partial charge on any atom is 0.326 e. The van der Waals surface area contributed by atoms with E-state index >= 15 is 0 Å². The third kappa shape index (κ3) is 3.00. The Bertz CT molecular complexity index is 615. The normalized spacial score (nSPS) is 21.3. The van der Waals surface area contributed by atoms with Crippen molar-refractivity contribution in [2.45, 2.75) is 25.5 Å². The Morgan fingerprint density at radius 1 is 1.38 bits per heavy atom. The molecule has 0 aromatic heterocycles. The average Bonchev–Trinajstić information content (AvgIpc) is 2.79. The third-order valence-electron chi connectivity index (χ3n) is 3.34. The number of benzene rings is 1. The number of aryl methyl sites for hydroxylation is 1. The van der Waals surface area contributed by atoms with Crippen LogP contribution in [0.15, 0.2) is 18.2 Å². The monoisotopic (exact) mass is 294 g/mol. The first-order chi connectivity index (χ1) is 9.79. The summed E-state index contributed by atoms with van der Waals surface area (Å²) in [6, 6.07) is 2.77. The largest absolute Gasteiger partial charge is 0.480 e. The molecular weight excluding hydrogens is 280 g/mol. The lowest BCUT2D eigenvalue weighted by Crippen LogP contribution is -2.40. The van der Waals surface area contributed by atoms with E-state index in [0.29, 0.717) is 5.56 Å². The molecule has 1 fully saturated rings. The summed E-state index contributed by atoms with van der Waals surface area (Å²) in [5, 5.41) is 29.4. The Hall–Kier alpha value is -2.48. The molecular formula is C13H14N2O6. The number of likely N-dealkylation sites (tertiary alicyclic amines) is 1. The van der Waals surface area contributed by atoms with E-state index in [-0.39, 0.29) is 24.2 Å². The number of nitrogens with zero attached hydrogens (tertiary/aromatic N) is 2. The van der Waals surface area contributed by atoms with Crippen molar-refractivity contribution in [2.75, 3.05) is 6.54 Å². The molecule has 1 aromatic carbocycles. The summed E-state index contributed by atoms with van der Waals surface area (Å²) in [6.07, 6.45) is -0.954. The van der Waals surface area contributed by atoms with Gasteiger partial charge in [0, 0.05) is 30.7 Å². The summed E-state index contributed by atoms with van der Waals surface area (Å²) < 4.78 is 0. The Labute approximate surface area is 119 Å². The number of nitro groups is 1. The van der Waals surface area contributed by atoms with Crippen molar-refractivity contribution in [1.82, 2.24) is 4.90 Å². The zero-order valence-electron chi connectivity index (χ0n) is 11.2. The van der Waals surface area contributed by atoms with Gasteiger partial charge in [-0.3, -0.25) is 14.9 Å². The number of nitro benzene ring substituents is 1. The fourth-order valence-corrected chi connectivity index (χ4v) is 2.43. The lowest BCUT2D eigenvalue weighted by atomic mass is 10.1. The van der Waals surface area contributed by atoms with Gasteiger partial charge in [-0.2, -0.15) is 0 Å². The number of hydrogen-bond acceptors (Lipinski definition) is 5. The lowest BCUT2D eigenvalue weighted by molar-refractivity contribution is -0.384. The van der Waals surface area contributed by atoms with Crippen LogP contribution in [0.25, 0.3) is 0 Å². The van der Waals surface area contributed by atoms with E-state index in [1.807, 2.05) is 0 Å². The van der Waals surface area contributed by atoms with E-state index in [9.17, 15) is 24.8 Å². The molecule has 8 heteroatoms. The van der Waals surface area contributed by atoms with Gasteiger partial charge >= 0.3 is 5.97 Å². The number of aliphatic hydroxyl groups excluding tert-OH is 1. The molecule has 0 radical (unpaired) electrons. The van der Waals surface area contributed by atoms with Crippen LogP contribution >= 0.6 is 0 Å². The predicted octanol–water partition coefficient (Wildman–Crippen LogP) is 0.563. The molecule has 1 heterocycles. The van der Waals surface area contributed by atoms with Crippen molar-refractivity contribution in [3.05, 3.63) is 39.4 Å². The summed E-state index contributed by atoms with van der Waals surface area (Å²) in [5.41, 5.74) is 0.339. The van der Waals surface area contributed by atoms with E-state index in [4.69, 9.17) is 5.11 Å². The van der Waals surface area contributed by atoms with Crippen molar-refractivity contribution in [2.24, 2.45) is 0 Å². The maximum atomic E-state index is 12.4. The van der Waals surface area contributed by atoms with Crippen LogP contribution in [0.3, 0.4) is 0 Å². The Balaban J connectivity index is 2.35. The molecule has 2 rings (SSSR count). The van der Waals surface area contributed by atoms with Crippen molar-refractivity contribution in [3.63, 3.8) is 0 Å². The van der Waals surface area contributed by atoms with E-state index in [1.165, 1.54) is 12.1 Å². The van der Waals surface area contributed by atoms with Crippen LogP contribution in [0.4, 0.5) is 5.69 Å². The molecule has 0 aliphatic carbocycles. The summed E-state index contributed by atoms with van der Waals surface area (Å²) in [6.45, 7) is 1.51. The zero-order valence-corrected chi connectivity index (χ0v) is 11.2. The summed E-state index contributed by atoms with van der Waals surface area (Å²) in [4.78, 5) is 34.7. The standard InChI is InChI=1S/C13H14N2O6/c1-7-2-8(4-9(3-7)15(20)21)12(17)14-6-10(16)5-11(14)13(18)19/h2-4,10-11,16H,5-6H2,1H3,(H,18,19). The number of non-ortho nitro benzene ring substituents is 1. The molecule has 2 unspecified atom stereocenters. The van der Waals surface area contributed by atoms with Crippen LogP contribution < -0.4 is 0 Å².